The fourth-order valence-corrected chi connectivity index (χ4v) is 6.38. The van der Waals surface area contributed by atoms with Gasteiger partial charge in [0.2, 0.25) is 10.0 Å². The molecule has 8 heteroatoms. The Morgan fingerprint density at radius 2 is 1.88 bits per heavy atom. The predicted molar refractivity (Wildman–Crippen MR) is 127 cm³/mol. The molecule has 1 aromatic heterocycles. The zero-order valence-electron chi connectivity index (χ0n) is 18.5. The second kappa shape index (κ2) is 9.83. The first kappa shape index (κ1) is 23.1. The molecule has 0 bridgehead atoms. The van der Waals surface area contributed by atoms with Gasteiger partial charge in [-0.25, -0.2) is 8.42 Å². The van der Waals surface area contributed by atoms with E-state index in [9.17, 15) is 8.42 Å². The lowest BCUT2D eigenvalue weighted by Crippen LogP contribution is -2.38. The highest BCUT2D eigenvalue weighted by Crippen LogP contribution is 2.37. The Labute approximate surface area is 194 Å². The number of ether oxygens (including phenoxy) is 2. The van der Waals surface area contributed by atoms with Crippen LogP contribution in [0.15, 0.2) is 53.6 Å². The fourth-order valence-electron chi connectivity index (χ4n) is 4.49. The summed E-state index contributed by atoms with van der Waals surface area (Å²) in [6, 6.07) is 13.1. The third-order valence-corrected chi connectivity index (χ3v) is 8.29. The summed E-state index contributed by atoms with van der Waals surface area (Å²) in [5.41, 5.74) is 2.48. The van der Waals surface area contributed by atoms with E-state index in [4.69, 9.17) is 21.1 Å². The minimum Gasteiger partial charge on any atom is -0.495 e. The molecule has 2 aromatic carbocycles. The SMILES string of the molecule is CCOCCn1cc(C2CCN(S(=O)(=O)c3cc(Cl)ccc3OC)CC2)c2ccccc21. The lowest BCUT2D eigenvalue weighted by Gasteiger charge is -2.31. The first-order valence-electron chi connectivity index (χ1n) is 10.9. The van der Waals surface area contributed by atoms with Gasteiger partial charge in [0.25, 0.3) is 0 Å². The Morgan fingerprint density at radius 3 is 2.59 bits per heavy atom. The van der Waals surface area contributed by atoms with Crippen LogP contribution in [-0.4, -0.2) is 50.7 Å². The molecule has 0 spiro atoms. The number of benzene rings is 2. The van der Waals surface area contributed by atoms with Crippen LogP contribution in [0.1, 0.15) is 31.2 Å². The Balaban J connectivity index is 1.54. The van der Waals surface area contributed by atoms with Gasteiger partial charge in [-0.05, 0) is 55.5 Å². The highest BCUT2D eigenvalue weighted by Gasteiger charge is 2.33. The van der Waals surface area contributed by atoms with Crippen molar-refractivity contribution in [3.63, 3.8) is 0 Å². The average Bonchev–Trinajstić information content (AvgIpc) is 3.18. The molecule has 1 aliphatic heterocycles. The van der Waals surface area contributed by atoms with E-state index in [1.807, 2.05) is 6.92 Å². The molecule has 1 saturated heterocycles. The molecule has 32 heavy (non-hydrogen) atoms. The van der Waals surface area contributed by atoms with Gasteiger partial charge in [0, 0.05) is 48.4 Å². The van der Waals surface area contributed by atoms with Crippen LogP contribution in [0.5, 0.6) is 5.75 Å². The molecule has 3 aromatic rings. The van der Waals surface area contributed by atoms with Crippen LogP contribution < -0.4 is 4.74 Å². The van der Waals surface area contributed by atoms with E-state index >= 15 is 0 Å². The molecule has 0 aliphatic carbocycles. The van der Waals surface area contributed by atoms with E-state index in [0.29, 0.717) is 43.0 Å². The maximum Gasteiger partial charge on any atom is 0.246 e. The van der Waals surface area contributed by atoms with Crippen LogP contribution in [0.3, 0.4) is 0 Å². The zero-order chi connectivity index (χ0) is 22.7. The molecule has 4 rings (SSSR count). The standard InChI is InChI=1S/C24H29ClN2O4S/c1-3-31-15-14-26-17-21(20-6-4-5-7-22(20)26)18-10-12-27(13-11-18)32(28,29)24-16-19(25)8-9-23(24)30-2/h4-9,16-18H,3,10-15H2,1-2H3. The van der Waals surface area contributed by atoms with Crippen LogP contribution in [0.4, 0.5) is 0 Å². The van der Waals surface area contributed by atoms with Gasteiger partial charge in [-0.2, -0.15) is 4.31 Å². The number of rotatable bonds is 8. The van der Waals surface area contributed by atoms with Gasteiger partial charge in [0.15, 0.2) is 0 Å². The largest absolute Gasteiger partial charge is 0.495 e. The van der Waals surface area contributed by atoms with E-state index in [1.54, 1.807) is 16.4 Å². The number of halogens is 1. The Morgan fingerprint density at radius 1 is 1.12 bits per heavy atom. The van der Waals surface area contributed by atoms with Crippen LogP contribution in [-0.2, 0) is 21.3 Å². The summed E-state index contributed by atoms with van der Waals surface area (Å²) >= 11 is 6.08. The molecule has 0 atom stereocenters. The maximum absolute atomic E-state index is 13.3. The van der Waals surface area contributed by atoms with E-state index < -0.39 is 10.0 Å². The van der Waals surface area contributed by atoms with Crippen LogP contribution in [0.25, 0.3) is 10.9 Å². The number of sulfonamides is 1. The lowest BCUT2D eigenvalue weighted by atomic mass is 9.90. The molecule has 0 saturated carbocycles. The number of piperidine rings is 1. The molecule has 0 unspecified atom stereocenters. The number of para-hydroxylation sites is 1. The number of nitrogens with zero attached hydrogens (tertiary/aromatic N) is 2. The summed E-state index contributed by atoms with van der Waals surface area (Å²) in [6.07, 6.45) is 3.75. The number of aromatic nitrogens is 1. The van der Waals surface area contributed by atoms with Crippen molar-refractivity contribution in [1.29, 1.82) is 0 Å². The lowest BCUT2D eigenvalue weighted by molar-refractivity contribution is 0.140. The van der Waals surface area contributed by atoms with E-state index in [1.165, 1.54) is 29.6 Å². The summed E-state index contributed by atoms with van der Waals surface area (Å²) in [4.78, 5) is 0.124. The van der Waals surface area contributed by atoms with Crippen LogP contribution in [0, 0.1) is 0 Å². The van der Waals surface area contributed by atoms with Crippen molar-refractivity contribution in [3.8, 4) is 5.75 Å². The fraction of sp³-hybridized carbons (Fsp3) is 0.417. The molecule has 2 heterocycles. The van der Waals surface area contributed by atoms with Gasteiger partial charge < -0.3 is 14.0 Å². The van der Waals surface area contributed by atoms with E-state index in [2.05, 4.69) is 35.0 Å². The van der Waals surface area contributed by atoms with Crippen molar-refractivity contribution in [2.45, 2.75) is 37.1 Å². The summed E-state index contributed by atoms with van der Waals surface area (Å²) in [5, 5.41) is 1.61. The van der Waals surface area contributed by atoms with Gasteiger partial charge in [0.05, 0.1) is 13.7 Å². The molecule has 0 amide bonds. The topological polar surface area (TPSA) is 60.8 Å². The molecular weight excluding hydrogens is 448 g/mol. The summed E-state index contributed by atoms with van der Waals surface area (Å²) < 4.78 is 41.2. The molecule has 6 nitrogen and oxygen atoms in total. The smallest absolute Gasteiger partial charge is 0.246 e. The zero-order valence-corrected chi connectivity index (χ0v) is 20.0. The number of fused-ring (bicyclic) bond motifs is 1. The summed E-state index contributed by atoms with van der Waals surface area (Å²) in [5.74, 6) is 0.620. The Kier molecular flexibility index (Phi) is 7.10. The minimum atomic E-state index is -3.68. The first-order valence-corrected chi connectivity index (χ1v) is 12.8. The Bertz CT molecular complexity index is 1180. The normalized spacial score (nSPS) is 16.0. The van der Waals surface area contributed by atoms with Crippen molar-refractivity contribution >= 4 is 32.5 Å². The van der Waals surface area contributed by atoms with E-state index in [0.717, 1.165) is 19.4 Å². The van der Waals surface area contributed by atoms with Crippen molar-refractivity contribution in [1.82, 2.24) is 8.87 Å². The molecular formula is C24H29ClN2O4S. The average molecular weight is 477 g/mol. The minimum absolute atomic E-state index is 0.124. The number of hydrogen-bond acceptors (Lipinski definition) is 4. The molecule has 0 radical (unpaired) electrons. The monoisotopic (exact) mass is 476 g/mol. The molecule has 172 valence electrons. The number of methoxy groups -OCH3 is 1. The van der Waals surface area contributed by atoms with Crippen molar-refractivity contribution < 1.29 is 17.9 Å². The summed E-state index contributed by atoms with van der Waals surface area (Å²) in [6.45, 7) is 5.10. The van der Waals surface area contributed by atoms with Gasteiger partial charge in [-0.15, -0.1) is 0 Å². The third-order valence-electron chi connectivity index (χ3n) is 6.14. The van der Waals surface area contributed by atoms with Crippen molar-refractivity contribution in [3.05, 3.63) is 59.2 Å². The van der Waals surface area contributed by atoms with Crippen LogP contribution in [0.2, 0.25) is 5.02 Å². The molecule has 1 fully saturated rings. The molecule has 0 N–H and O–H groups in total. The Hall–Kier alpha value is -2.06. The highest BCUT2D eigenvalue weighted by molar-refractivity contribution is 7.89. The number of hydrogen-bond donors (Lipinski definition) is 0. The third kappa shape index (κ3) is 4.53. The second-order valence-electron chi connectivity index (χ2n) is 7.97. The first-order chi connectivity index (χ1) is 15.5. The van der Waals surface area contributed by atoms with Crippen molar-refractivity contribution in [2.24, 2.45) is 0 Å². The van der Waals surface area contributed by atoms with Crippen molar-refractivity contribution in [2.75, 3.05) is 33.4 Å². The highest BCUT2D eigenvalue weighted by atomic mass is 35.5. The molecule has 1 aliphatic rings. The maximum atomic E-state index is 13.3. The predicted octanol–water partition coefficient (Wildman–Crippen LogP) is 4.91. The summed E-state index contributed by atoms with van der Waals surface area (Å²) in [7, 11) is -2.21. The second-order valence-corrected chi connectivity index (χ2v) is 10.3. The van der Waals surface area contributed by atoms with Gasteiger partial charge >= 0.3 is 0 Å². The van der Waals surface area contributed by atoms with Crippen LogP contribution >= 0.6 is 11.6 Å². The van der Waals surface area contributed by atoms with E-state index in [-0.39, 0.29) is 4.90 Å². The quantitative estimate of drug-likeness (QED) is 0.433. The van der Waals surface area contributed by atoms with Gasteiger partial charge in [0.1, 0.15) is 10.6 Å². The van der Waals surface area contributed by atoms with Gasteiger partial charge in [-0.1, -0.05) is 29.8 Å². The van der Waals surface area contributed by atoms with Gasteiger partial charge in [-0.3, -0.25) is 0 Å².